The molecule has 0 saturated carbocycles. The molecule has 0 radical (unpaired) electrons. The van der Waals surface area contributed by atoms with E-state index < -0.39 is 16.8 Å². The van der Waals surface area contributed by atoms with Gasteiger partial charge < -0.3 is 15.8 Å². The Morgan fingerprint density at radius 1 is 1.42 bits per heavy atom. The smallest absolute Gasteiger partial charge is 0.340 e. The Kier molecular flexibility index (Phi) is 4.42. The minimum atomic E-state index is -0.670. The molecule has 1 fully saturated rings. The highest BCUT2D eigenvalue weighted by Crippen LogP contribution is 2.21. The second kappa shape index (κ2) is 6.06. The summed E-state index contributed by atoms with van der Waals surface area (Å²) >= 11 is 0. The maximum Gasteiger partial charge on any atom is 0.340 e. The molecular formula is C13H18N2O3S. The molecule has 1 aliphatic heterocycles. The quantitative estimate of drug-likeness (QED) is 0.646. The third kappa shape index (κ3) is 3.47. The van der Waals surface area contributed by atoms with Gasteiger partial charge in [0, 0.05) is 39.7 Å². The zero-order valence-electron chi connectivity index (χ0n) is 10.8. The molecule has 2 rings (SSSR count). The lowest BCUT2D eigenvalue weighted by atomic mass is 10.1. The van der Waals surface area contributed by atoms with Crippen LogP contribution in [0.15, 0.2) is 18.2 Å². The lowest BCUT2D eigenvalue weighted by molar-refractivity contribution is 0.0602. The van der Waals surface area contributed by atoms with Crippen LogP contribution >= 0.6 is 0 Å². The molecular weight excluding hydrogens is 264 g/mol. The SMILES string of the molecule is COC(=O)c1cc(NC2CCS(=O)CC2)ccc1N. The number of methoxy groups -OCH3 is 1. The highest BCUT2D eigenvalue weighted by atomic mass is 32.2. The van der Waals surface area contributed by atoms with Gasteiger partial charge in [0.15, 0.2) is 0 Å². The molecule has 0 atom stereocenters. The second-order valence-electron chi connectivity index (χ2n) is 4.56. The van der Waals surface area contributed by atoms with E-state index >= 15 is 0 Å². The van der Waals surface area contributed by atoms with Gasteiger partial charge in [-0.1, -0.05) is 0 Å². The fourth-order valence-corrected chi connectivity index (χ4v) is 3.41. The first-order valence-corrected chi connectivity index (χ1v) is 7.68. The minimum Gasteiger partial charge on any atom is -0.465 e. The maximum absolute atomic E-state index is 11.6. The lowest BCUT2D eigenvalue weighted by Crippen LogP contribution is -2.29. The fourth-order valence-electron chi connectivity index (χ4n) is 2.11. The summed E-state index contributed by atoms with van der Waals surface area (Å²) < 4.78 is 16.0. The van der Waals surface area contributed by atoms with Crippen molar-refractivity contribution in [2.75, 3.05) is 29.7 Å². The van der Waals surface area contributed by atoms with E-state index in [9.17, 15) is 9.00 Å². The lowest BCUT2D eigenvalue weighted by Gasteiger charge is -2.23. The summed E-state index contributed by atoms with van der Waals surface area (Å²) in [6.45, 7) is 0. The molecule has 0 unspecified atom stereocenters. The Labute approximate surface area is 115 Å². The van der Waals surface area contributed by atoms with Crippen molar-refractivity contribution in [2.24, 2.45) is 0 Å². The van der Waals surface area contributed by atoms with E-state index in [0.717, 1.165) is 30.0 Å². The van der Waals surface area contributed by atoms with Crippen LogP contribution in [-0.4, -0.2) is 34.8 Å². The summed E-state index contributed by atoms with van der Waals surface area (Å²) in [6.07, 6.45) is 1.76. The standard InChI is InChI=1S/C13H18N2O3S/c1-18-13(16)11-8-10(2-3-12(11)14)15-9-4-6-19(17)7-5-9/h2-3,8-9,15H,4-7,14H2,1H3. The minimum absolute atomic E-state index is 0.298. The van der Waals surface area contributed by atoms with Crippen molar-refractivity contribution in [1.29, 1.82) is 0 Å². The van der Waals surface area contributed by atoms with Gasteiger partial charge in [-0.25, -0.2) is 4.79 Å². The van der Waals surface area contributed by atoms with Gasteiger partial charge in [0.1, 0.15) is 0 Å². The van der Waals surface area contributed by atoms with Gasteiger partial charge in [-0.15, -0.1) is 0 Å². The van der Waals surface area contributed by atoms with Crippen LogP contribution in [0.1, 0.15) is 23.2 Å². The van der Waals surface area contributed by atoms with Crippen LogP contribution in [0.2, 0.25) is 0 Å². The number of nitrogens with two attached hydrogens (primary N) is 1. The van der Waals surface area contributed by atoms with Crippen LogP contribution < -0.4 is 11.1 Å². The third-order valence-electron chi connectivity index (χ3n) is 3.22. The number of anilines is 2. The number of hydrogen-bond acceptors (Lipinski definition) is 5. The van der Waals surface area contributed by atoms with Gasteiger partial charge in [0.2, 0.25) is 0 Å². The van der Waals surface area contributed by atoms with E-state index in [1.54, 1.807) is 12.1 Å². The van der Waals surface area contributed by atoms with E-state index in [1.807, 2.05) is 6.07 Å². The molecule has 19 heavy (non-hydrogen) atoms. The van der Waals surface area contributed by atoms with Gasteiger partial charge in [0.05, 0.1) is 12.7 Å². The molecule has 0 aromatic heterocycles. The summed E-state index contributed by atoms with van der Waals surface area (Å²) in [6, 6.07) is 5.53. The van der Waals surface area contributed by atoms with E-state index in [1.165, 1.54) is 7.11 Å². The number of hydrogen-bond donors (Lipinski definition) is 2. The molecule has 1 aliphatic rings. The molecule has 5 nitrogen and oxygen atoms in total. The van der Waals surface area contributed by atoms with Gasteiger partial charge in [-0.3, -0.25) is 4.21 Å². The molecule has 0 aliphatic carbocycles. The monoisotopic (exact) mass is 282 g/mol. The van der Waals surface area contributed by atoms with Crippen molar-refractivity contribution in [3.8, 4) is 0 Å². The molecule has 1 saturated heterocycles. The predicted octanol–water partition coefficient (Wildman–Crippen LogP) is 1.38. The van der Waals surface area contributed by atoms with Crippen molar-refractivity contribution >= 4 is 28.1 Å². The van der Waals surface area contributed by atoms with Crippen LogP contribution in [0.3, 0.4) is 0 Å². The van der Waals surface area contributed by atoms with Crippen molar-refractivity contribution in [3.63, 3.8) is 0 Å². The highest BCUT2D eigenvalue weighted by molar-refractivity contribution is 7.85. The molecule has 104 valence electrons. The number of carbonyl (C=O) groups excluding carboxylic acids is 1. The van der Waals surface area contributed by atoms with E-state index in [-0.39, 0.29) is 0 Å². The zero-order chi connectivity index (χ0) is 13.8. The number of esters is 1. The van der Waals surface area contributed by atoms with Gasteiger partial charge >= 0.3 is 5.97 Å². The molecule has 1 aromatic rings. The van der Waals surface area contributed by atoms with E-state index in [2.05, 4.69) is 10.1 Å². The Balaban J connectivity index is 2.08. The summed E-state index contributed by atoms with van der Waals surface area (Å²) in [5, 5.41) is 3.35. The zero-order valence-corrected chi connectivity index (χ0v) is 11.7. The van der Waals surface area contributed by atoms with Gasteiger partial charge in [-0.2, -0.15) is 0 Å². The Bertz CT molecular complexity index is 495. The molecule has 0 spiro atoms. The average Bonchev–Trinajstić information content (AvgIpc) is 2.42. The molecule has 0 amide bonds. The van der Waals surface area contributed by atoms with Crippen molar-refractivity contribution < 1.29 is 13.7 Å². The Morgan fingerprint density at radius 2 is 2.11 bits per heavy atom. The molecule has 1 heterocycles. The number of ether oxygens (including phenoxy) is 1. The summed E-state index contributed by atoms with van der Waals surface area (Å²) in [5.41, 5.74) is 7.36. The van der Waals surface area contributed by atoms with Crippen LogP contribution in [0, 0.1) is 0 Å². The number of rotatable bonds is 3. The van der Waals surface area contributed by atoms with E-state index in [0.29, 0.717) is 17.3 Å². The van der Waals surface area contributed by atoms with Crippen LogP contribution in [0.25, 0.3) is 0 Å². The average molecular weight is 282 g/mol. The maximum atomic E-state index is 11.6. The number of nitrogen functional groups attached to an aromatic ring is 1. The fraction of sp³-hybridized carbons (Fsp3) is 0.462. The molecule has 1 aromatic carbocycles. The van der Waals surface area contributed by atoms with E-state index in [4.69, 9.17) is 5.73 Å². The molecule has 6 heteroatoms. The van der Waals surface area contributed by atoms with Gasteiger partial charge in [-0.05, 0) is 31.0 Å². The number of benzene rings is 1. The summed E-state index contributed by atoms with van der Waals surface area (Å²) in [7, 11) is 0.662. The Hall–Kier alpha value is -1.56. The third-order valence-corrected chi connectivity index (χ3v) is 4.60. The normalized spacial score (nSPS) is 22.8. The summed E-state index contributed by atoms with van der Waals surface area (Å²) in [5.74, 6) is 1.03. The highest BCUT2D eigenvalue weighted by Gasteiger charge is 2.18. The van der Waals surface area contributed by atoms with Crippen molar-refractivity contribution in [3.05, 3.63) is 23.8 Å². The van der Waals surface area contributed by atoms with Crippen LogP contribution in [0.5, 0.6) is 0 Å². The summed E-state index contributed by atoms with van der Waals surface area (Å²) in [4.78, 5) is 11.6. The molecule has 0 bridgehead atoms. The first-order valence-electron chi connectivity index (χ1n) is 6.19. The Morgan fingerprint density at radius 3 is 2.74 bits per heavy atom. The second-order valence-corrected chi connectivity index (χ2v) is 6.26. The van der Waals surface area contributed by atoms with Crippen molar-refractivity contribution in [1.82, 2.24) is 0 Å². The number of nitrogens with one attached hydrogen (secondary N) is 1. The van der Waals surface area contributed by atoms with Crippen LogP contribution in [-0.2, 0) is 15.5 Å². The topological polar surface area (TPSA) is 81.4 Å². The van der Waals surface area contributed by atoms with Crippen LogP contribution in [0.4, 0.5) is 11.4 Å². The number of carbonyl (C=O) groups is 1. The molecule has 3 N–H and O–H groups in total. The van der Waals surface area contributed by atoms with Crippen molar-refractivity contribution in [2.45, 2.75) is 18.9 Å². The first-order chi connectivity index (χ1) is 9.10. The first kappa shape index (κ1) is 13.9. The predicted molar refractivity (Wildman–Crippen MR) is 76.7 cm³/mol. The van der Waals surface area contributed by atoms with Gasteiger partial charge in [0.25, 0.3) is 0 Å². The largest absolute Gasteiger partial charge is 0.465 e.